The molecule has 0 radical (unpaired) electrons. The van der Waals surface area contributed by atoms with Gasteiger partial charge in [-0.25, -0.2) is 27.5 Å². The molecule has 2 atom stereocenters. The van der Waals surface area contributed by atoms with E-state index in [1.54, 1.807) is 13.8 Å². The van der Waals surface area contributed by atoms with Crippen molar-refractivity contribution in [1.82, 2.24) is 9.97 Å². The van der Waals surface area contributed by atoms with Crippen molar-refractivity contribution in [3.05, 3.63) is 82.9 Å². The van der Waals surface area contributed by atoms with Crippen molar-refractivity contribution >= 4 is 11.6 Å². The highest BCUT2D eigenvalue weighted by Gasteiger charge is 2.60. The van der Waals surface area contributed by atoms with Crippen molar-refractivity contribution in [1.29, 1.82) is 0 Å². The number of nitrogens with one attached hydrogen (secondary N) is 1. The van der Waals surface area contributed by atoms with Gasteiger partial charge < -0.3 is 10.1 Å². The Morgan fingerprint density at radius 3 is 2.56 bits per heavy atom. The van der Waals surface area contributed by atoms with Gasteiger partial charge in [-0.1, -0.05) is 6.07 Å². The first-order valence-corrected chi connectivity index (χ1v) is 9.84. The summed E-state index contributed by atoms with van der Waals surface area (Å²) in [6, 6.07) is 6.22. The summed E-state index contributed by atoms with van der Waals surface area (Å²) >= 11 is 0. The first-order valence-electron chi connectivity index (χ1n) is 9.84. The van der Waals surface area contributed by atoms with Crippen LogP contribution in [0.15, 0.2) is 42.6 Å². The molecule has 1 aliphatic carbocycles. The van der Waals surface area contributed by atoms with Crippen molar-refractivity contribution in [3.63, 3.8) is 0 Å². The molecule has 0 aliphatic heterocycles. The zero-order chi connectivity index (χ0) is 23.0. The van der Waals surface area contributed by atoms with Gasteiger partial charge >= 0.3 is 0 Å². The highest BCUT2D eigenvalue weighted by Crippen LogP contribution is 2.55. The number of benzene rings is 2. The van der Waals surface area contributed by atoms with Crippen LogP contribution in [0, 0.1) is 43.0 Å². The molecule has 0 spiro atoms. The van der Waals surface area contributed by atoms with Crippen LogP contribution in [-0.2, 0) is 10.2 Å². The molecule has 0 saturated heterocycles. The lowest BCUT2D eigenvalue weighted by molar-refractivity contribution is -0.117. The predicted octanol–water partition coefficient (Wildman–Crippen LogP) is 4.63. The van der Waals surface area contributed by atoms with E-state index in [9.17, 15) is 22.4 Å². The summed E-state index contributed by atoms with van der Waals surface area (Å²) in [5.41, 5.74) is -0.173. The Bertz CT molecular complexity index is 1200. The van der Waals surface area contributed by atoms with Gasteiger partial charge in [0.1, 0.15) is 17.5 Å². The van der Waals surface area contributed by atoms with Crippen molar-refractivity contribution in [3.8, 4) is 5.75 Å². The summed E-state index contributed by atoms with van der Waals surface area (Å²) in [5.74, 6) is -4.03. The number of hydrogen-bond acceptors (Lipinski definition) is 4. The Morgan fingerprint density at radius 1 is 1.09 bits per heavy atom. The third kappa shape index (κ3) is 4.15. The first-order chi connectivity index (χ1) is 15.2. The maximum Gasteiger partial charge on any atom is 0.228 e. The molecule has 0 unspecified atom stereocenters. The summed E-state index contributed by atoms with van der Waals surface area (Å²) in [5, 5.41) is 2.44. The van der Waals surface area contributed by atoms with Crippen LogP contribution in [0.1, 0.15) is 23.5 Å². The van der Waals surface area contributed by atoms with Gasteiger partial charge in [0.25, 0.3) is 0 Å². The van der Waals surface area contributed by atoms with Crippen molar-refractivity contribution < 1.29 is 27.1 Å². The molecule has 1 heterocycles. The van der Waals surface area contributed by atoms with E-state index in [4.69, 9.17) is 4.74 Å². The summed E-state index contributed by atoms with van der Waals surface area (Å²) in [6.07, 6.45) is 1.76. The fourth-order valence-corrected chi connectivity index (χ4v) is 3.75. The molecular formula is C23H19F4N3O2. The Morgan fingerprint density at radius 2 is 1.88 bits per heavy atom. The summed E-state index contributed by atoms with van der Waals surface area (Å²) in [7, 11) is 0. The summed E-state index contributed by atoms with van der Waals surface area (Å²) in [6.45, 7) is 3.44. The van der Waals surface area contributed by atoms with Gasteiger partial charge in [0.05, 0.1) is 30.1 Å². The molecule has 3 aromatic rings. The number of aryl methyl sites for hydroxylation is 2. The fourth-order valence-electron chi connectivity index (χ4n) is 3.75. The maximum atomic E-state index is 14.0. The number of rotatable bonds is 6. The Labute approximate surface area is 181 Å². The summed E-state index contributed by atoms with van der Waals surface area (Å²) in [4.78, 5) is 21.2. The van der Waals surface area contributed by atoms with E-state index in [0.717, 1.165) is 24.3 Å². The van der Waals surface area contributed by atoms with E-state index < -0.39 is 40.5 Å². The number of amides is 1. The lowest BCUT2D eigenvalue weighted by Crippen LogP contribution is -2.27. The van der Waals surface area contributed by atoms with E-state index in [1.807, 2.05) is 0 Å². The number of halogens is 4. The number of nitrogens with zero attached hydrogens (tertiary/aromatic N) is 2. The van der Waals surface area contributed by atoms with E-state index >= 15 is 0 Å². The maximum absolute atomic E-state index is 14.0. The number of carbonyl (C=O) groups excluding carboxylic acids is 1. The Hall–Kier alpha value is -3.49. The van der Waals surface area contributed by atoms with Crippen molar-refractivity contribution in [2.24, 2.45) is 5.92 Å². The van der Waals surface area contributed by atoms with Crippen LogP contribution in [0.2, 0.25) is 0 Å². The van der Waals surface area contributed by atoms with Crippen LogP contribution in [0.4, 0.5) is 23.2 Å². The van der Waals surface area contributed by atoms with Gasteiger partial charge in [0, 0.05) is 11.5 Å². The molecule has 32 heavy (non-hydrogen) atoms. The SMILES string of the molecule is Cc1ncc(OC[C@@]2(c3ccc(F)c(F)c3)C[C@H]2C(=O)Nc2ccc(F)cc2F)c(C)n1. The molecule has 1 fully saturated rings. The van der Waals surface area contributed by atoms with Gasteiger partial charge in [0.2, 0.25) is 5.91 Å². The lowest BCUT2D eigenvalue weighted by atomic mass is 9.93. The molecule has 1 amide bonds. The second kappa shape index (κ2) is 8.22. The van der Waals surface area contributed by atoms with Crippen LogP contribution in [0.3, 0.4) is 0 Å². The third-order valence-electron chi connectivity index (χ3n) is 5.62. The van der Waals surface area contributed by atoms with Crippen LogP contribution in [-0.4, -0.2) is 22.5 Å². The zero-order valence-electron chi connectivity index (χ0n) is 17.3. The van der Waals surface area contributed by atoms with Crippen LogP contribution in [0.5, 0.6) is 5.75 Å². The minimum absolute atomic E-state index is 0.0324. The molecule has 2 aromatic carbocycles. The van der Waals surface area contributed by atoms with E-state index in [-0.39, 0.29) is 18.7 Å². The van der Waals surface area contributed by atoms with Crippen LogP contribution >= 0.6 is 0 Å². The topological polar surface area (TPSA) is 64.1 Å². The highest BCUT2D eigenvalue weighted by atomic mass is 19.2. The minimum Gasteiger partial charge on any atom is -0.489 e. The quantitative estimate of drug-likeness (QED) is 0.563. The van der Waals surface area contributed by atoms with E-state index in [2.05, 4.69) is 15.3 Å². The molecule has 5 nitrogen and oxygen atoms in total. The Kier molecular flexibility index (Phi) is 5.58. The number of carbonyl (C=O) groups is 1. The average Bonchev–Trinajstić information content (AvgIpc) is 3.47. The molecule has 1 aliphatic rings. The molecule has 0 bridgehead atoms. The van der Waals surface area contributed by atoms with Crippen molar-refractivity contribution in [2.45, 2.75) is 25.7 Å². The number of anilines is 1. The second-order valence-electron chi connectivity index (χ2n) is 7.81. The number of ether oxygens (including phenoxy) is 1. The van der Waals surface area contributed by atoms with Gasteiger partial charge in [-0.3, -0.25) is 4.79 Å². The molecule has 9 heteroatoms. The highest BCUT2D eigenvalue weighted by molar-refractivity contribution is 5.96. The Balaban J connectivity index is 1.60. The third-order valence-corrected chi connectivity index (χ3v) is 5.62. The van der Waals surface area contributed by atoms with E-state index in [0.29, 0.717) is 28.9 Å². The normalized spacial score (nSPS) is 19.5. The molecule has 4 rings (SSSR count). The predicted molar refractivity (Wildman–Crippen MR) is 108 cm³/mol. The average molecular weight is 445 g/mol. The second-order valence-corrected chi connectivity index (χ2v) is 7.81. The molecule has 1 N–H and O–H groups in total. The first kappa shape index (κ1) is 21.7. The smallest absolute Gasteiger partial charge is 0.228 e. The molecule has 1 aromatic heterocycles. The molecular weight excluding hydrogens is 426 g/mol. The van der Waals surface area contributed by atoms with Gasteiger partial charge in [0.15, 0.2) is 17.4 Å². The summed E-state index contributed by atoms with van der Waals surface area (Å²) < 4.78 is 60.4. The van der Waals surface area contributed by atoms with Gasteiger partial charge in [-0.2, -0.15) is 0 Å². The standard InChI is InChI=1S/C23H19F4N3O2/c1-12-21(10-28-13(2)29-12)32-11-23(14-3-5-17(25)18(26)7-14)9-16(23)22(31)30-20-6-4-15(24)8-19(20)27/h3-8,10,16H,9,11H2,1-2H3,(H,30,31)/t16-,23+/m0/s1. The van der Waals surface area contributed by atoms with Crippen LogP contribution < -0.4 is 10.1 Å². The fraction of sp³-hybridized carbons (Fsp3) is 0.261. The number of hydrogen-bond donors (Lipinski definition) is 1. The van der Waals surface area contributed by atoms with Crippen molar-refractivity contribution in [2.75, 3.05) is 11.9 Å². The van der Waals surface area contributed by atoms with E-state index in [1.165, 1.54) is 12.3 Å². The zero-order valence-corrected chi connectivity index (χ0v) is 17.3. The molecule has 166 valence electrons. The minimum atomic E-state index is -1.05. The van der Waals surface area contributed by atoms with Crippen LogP contribution in [0.25, 0.3) is 0 Å². The van der Waals surface area contributed by atoms with Gasteiger partial charge in [-0.05, 0) is 50.1 Å². The van der Waals surface area contributed by atoms with Gasteiger partial charge in [-0.15, -0.1) is 0 Å². The largest absolute Gasteiger partial charge is 0.489 e. The lowest BCUT2D eigenvalue weighted by Gasteiger charge is -2.20. The monoisotopic (exact) mass is 445 g/mol. The number of aromatic nitrogens is 2. The molecule has 1 saturated carbocycles.